The molecule has 1 aliphatic rings. The molecule has 2 amide bonds. The van der Waals surface area contributed by atoms with Crippen LogP contribution in [0, 0.1) is 6.92 Å². The number of rotatable bonds is 6. The van der Waals surface area contributed by atoms with Crippen molar-refractivity contribution in [2.75, 3.05) is 20.6 Å². The van der Waals surface area contributed by atoms with Crippen molar-refractivity contribution in [2.45, 2.75) is 31.8 Å². The molecule has 6 nitrogen and oxygen atoms in total. The Labute approximate surface area is 176 Å². The van der Waals surface area contributed by atoms with E-state index in [0.29, 0.717) is 25.1 Å². The molecule has 4 rings (SSSR count). The third-order valence-electron chi connectivity index (χ3n) is 5.67. The molecule has 0 aliphatic heterocycles. The highest BCUT2D eigenvalue weighted by Crippen LogP contribution is 2.31. The first-order valence-corrected chi connectivity index (χ1v) is 10.3. The zero-order valence-corrected chi connectivity index (χ0v) is 17.7. The van der Waals surface area contributed by atoms with E-state index in [1.54, 1.807) is 0 Å². The fourth-order valence-corrected chi connectivity index (χ4v) is 4.10. The minimum absolute atomic E-state index is 0.00857. The van der Waals surface area contributed by atoms with Gasteiger partial charge in [0.25, 0.3) is 5.91 Å². The quantitative estimate of drug-likeness (QED) is 0.591. The van der Waals surface area contributed by atoms with Gasteiger partial charge in [0.2, 0.25) is 5.91 Å². The van der Waals surface area contributed by atoms with Crippen LogP contribution in [0.3, 0.4) is 0 Å². The number of fused-ring (bicyclic) bond motifs is 2. The van der Waals surface area contributed by atoms with Crippen molar-refractivity contribution < 1.29 is 9.59 Å². The summed E-state index contributed by atoms with van der Waals surface area (Å²) in [6.07, 6.45) is 1.12. The van der Waals surface area contributed by atoms with E-state index in [4.69, 9.17) is 0 Å². The Kier molecular flexibility index (Phi) is 5.59. The molecule has 0 spiro atoms. The molecule has 156 valence electrons. The minimum Gasteiger partial charge on any atom is -0.351 e. The van der Waals surface area contributed by atoms with E-state index in [0.717, 1.165) is 27.6 Å². The molecule has 1 heterocycles. The smallest absolute Gasteiger partial charge is 0.268 e. The monoisotopic (exact) mass is 404 g/mol. The van der Waals surface area contributed by atoms with Crippen LogP contribution in [0.1, 0.15) is 39.6 Å². The predicted molar refractivity (Wildman–Crippen MR) is 118 cm³/mol. The lowest BCUT2D eigenvalue weighted by Gasteiger charge is -2.23. The second kappa shape index (κ2) is 8.32. The Bertz CT molecular complexity index is 1090. The summed E-state index contributed by atoms with van der Waals surface area (Å²) in [5.41, 5.74) is 4.86. The van der Waals surface area contributed by atoms with Crippen LogP contribution >= 0.6 is 0 Å². The van der Waals surface area contributed by atoms with Gasteiger partial charge in [-0.2, -0.15) is 0 Å². The highest BCUT2D eigenvalue weighted by Gasteiger charge is 2.34. The van der Waals surface area contributed by atoms with E-state index < -0.39 is 0 Å². The van der Waals surface area contributed by atoms with Gasteiger partial charge in [0.05, 0.1) is 12.1 Å². The topological polar surface area (TPSA) is 77.2 Å². The number of nitrogens with zero attached hydrogens (tertiary/aromatic N) is 1. The second-order valence-corrected chi connectivity index (χ2v) is 8.36. The van der Waals surface area contributed by atoms with Gasteiger partial charge in [-0.3, -0.25) is 9.59 Å². The molecular weight excluding hydrogens is 376 g/mol. The van der Waals surface area contributed by atoms with Crippen molar-refractivity contribution in [1.82, 2.24) is 20.5 Å². The number of H-pyrrole nitrogens is 1. The number of aromatic amines is 1. The maximum absolute atomic E-state index is 13.0. The summed E-state index contributed by atoms with van der Waals surface area (Å²) in [6.45, 7) is 2.72. The van der Waals surface area contributed by atoms with Crippen LogP contribution in [0.15, 0.2) is 48.5 Å². The third-order valence-corrected chi connectivity index (χ3v) is 5.67. The van der Waals surface area contributed by atoms with Crippen LogP contribution in [0.5, 0.6) is 0 Å². The number of hydrogen-bond donors (Lipinski definition) is 3. The fraction of sp³-hybridized carbons (Fsp3) is 0.333. The molecule has 0 radical (unpaired) electrons. The number of nitrogens with one attached hydrogen (secondary N) is 3. The molecule has 30 heavy (non-hydrogen) atoms. The number of carbonyl (C=O) groups is 2. The van der Waals surface area contributed by atoms with Crippen LogP contribution in [-0.2, 0) is 11.2 Å². The number of amides is 2. The molecule has 0 fully saturated rings. The first-order valence-electron chi connectivity index (χ1n) is 10.3. The molecule has 1 aliphatic carbocycles. The summed E-state index contributed by atoms with van der Waals surface area (Å²) in [4.78, 5) is 30.7. The largest absolute Gasteiger partial charge is 0.351 e. The maximum atomic E-state index is 13.0. The van der Waals surface area contributed by atoms with E-state index in [-0.39, 0.29) is 23.9 Å². The van der Waals surface area contributed by atoms with Gasteiger partial charge in [0, 0.05) is 23.9 Å². The first-order chi connectivity index (χ1) is 14.4. The Morgan fingerprint density at radius 2 is 1.90 bits per heavy atom. The maximum Gasteiger partial charge on any atom is 0.268 e. The molecule has 6 heteroatoms. The molecule has 2 atom stereocenters. The van der Waals surface area contributed by atoms with E-state index in [1.165, 1.54) is 0 Å². The van der Waals surface area contributed by atoms with Gasteiger partial charge >= 0.3 is 0 Å². The lowest BCUT2D eigenvalue weighted by molar-refractivity contribution is -0.122. The van der Waals surface area contributed by atoms with Crippen LogP contribution in [0.4, 0.5) is 0 Å². The molecule has 0 bridgehead atoms. The summed E-state index contributed by atoms with van der Waals surface area (Å²) in [7, 11) is 3.89. The van der Waals surface area contributed by atoms with Crippen molar-refractivity contribution in [2.24, 2.45) is 0 Å². The van der Waals surface area contributed by atoms with Crippen LogP contribution in [0.25, 0.3) is 10.9 Å². The van der Waals surface area contributed by atoms with Gasteiger partial charge in [-0.15, -0.1) is 0 Å². The lowest BCUT2D eigenvalue weighted by Crippen LogP contribution is -2.44. The molecule has 0 saturated heterocycles. The van der Waals surface area contributed by atoms with Gasteiger partial charge in [0.1, 0.15) is 5.69 Å². The van der Waals surface area contributed by atoms with Crippen LogP contribution < -0.4 is 10.6 Å². The minimum atomic E-state index is -0.230. The molecule has 0 saturated carbocycles. The van der Waals surface area contributed by atoms with Crippen molar-refractivity contribution in [3.63, 3.8) is 0 Å². The average molecular weight is 405 g/mol. The summed E-state index contributed by atoms with van der Waals surface area (Å²) >= 11 is 0. The van der Waals surface area contributed by atoms with Crippen molar-refractivity contribution in [3.8, 4) is 0 Å². The Morgan fingerprint density at radius 1 is 1.10 bits per heavy atom. The van der Waals surface area contributed by atoms with E-state index in [1.807, 2.05) is 62.3 Å². The summed E-state index contributed by atoms with van der Waals surface area (Å²) in [5, 5.41) is 7.30. The average Bonchev–Trinajstić information content (AvgIpc) is 3.28. The third kappa shape index (κ3) is 4.24. The number of aromatic nitrogens is 1. The number of benzene rings is 2. The number of hydrogen-bond acceptors (Lipinski definition) is 3. The lowest BCUT2D eigenvalue weighted by atomic mass is 10.1. The molecule has 3 N–H and O–H groups in total. The zero-order chi connectivity index (χ0) is 21.3. The Hall–Kier alpha value is -3.12. The van der Waals surface area contributed by atoms with Gasteiger partial charge in [-0.05, 0) is 56.8 Å². The van der Waals surface area contributed by atoms with Crippen molar-refractivity contribution in [3.05, 3.63) is 70.9 Å². The first kappa shape index (κ1) is 20.2. The molecular formula is C24H28N4O2. The molecule has 1 aromatic heterocycles. The van der Waals surface area contributed by atoms with Gasteiger partial charge in [0.15, 0.2) is 0 Å². The number of carbonyl (C=O) groups excluding carboxylic acids is 2. The second-order valence-electron chi connectivity index (χ2n) is 8.36. The Morgan fingerprint density at radius 3 is 2.70 bits per heavy atom. The SMILES string of the molecule is Cc1ccc2[nH]c(C(=O)N[C@@H]3Cc4ccccc4[C@@H]3NC(=O)CCN(C)C)cc2c1. The Balaban J connectivity index is 1.52. The van der Waals surface area contributed by atoms with E-state index in [2.05, 4.69) is 27.8 Å². The molecule has 3 aromatic rings. The summed E-state index contributed by atoms with van der Waals surface area (Å²) in [5.74, 6) is -0.167. The standard InChI is InChI=1S/C24H28N4O2/c1-15-8-9-19-17(12-15)14-21(25-19)24(30)26-20-13-16-6-4-5-7-18(16)23(20)27-22(29)10-11-28(2)3/h4-9,12,14,20,23,25H,10-11,13H2,1-3H3,(H,26,30)(H,27,29)/t20-,23+/m1/s1. The summed E-state index contributed by atoms with van der Waals surface area (Å²) < 4.78 is 0. The fourth-order valence-electron chi connectivity index (χ4n) is 4.10. The molecule has 2 aromatic carbocycles. The predicted octanol–water partition coefficient (Wildman–Crippen LogP) is 2.94. The molecule has 0 unspecified atom stereocenters. The van der Waals surface area contributed by atoms with Crippen LogP contribution in [-0.4, -0.2) is 48.4 Å². The summed E-state index contributed by atoms with van der Waals surface area (Å²) in [6, 6.07) is 15.6. The van der Waals surface area contributed by atoms with Gasteiger partial charge in [-0.25, -0.2) is 0 Å². The van der Waals surface area contributed by atoms with Gasteiger partial charge < -0.3 is 20.5 Å². The normalized spacial score (nSPS) is 17.9. The number of aryl methyl sites for hydroxylation is 1. The van der Waals surface area contributed by atoms with Crippen LogP contribution in [0.2, 0.25) is 0 Å². The van der Waals surface area contributed by atoms with E-state index >= 15 is 0 Å². The van der Waals surface area contributed by atoms with E-state index in [9.17, 15) is 9.59 Å². The van der Waals surface area contributed by atoms with Crippen molar-refractivity contribution >= 4 is 22.7 Å². The zero-order valence-electron chi connectivity index (χ0n) is 17.7. The van der Waals surface area contributed by atoms with Crippen molar-refractivity contribution in [1.29, 1.82) is 0 Å². The van der Waals surface area contributed by atoms with Gasteiger partial charge in [-0.1, -0.05) is 35.9 Å². The highest BCUT2D eigenvalue weighted by atomic mass is 16.2. The highest BCUT2D eigenvalue weighted by molar-refractivity contribution is 5.98.